The van der Waals surface area contributed by atoms with Crippen LogP contribution in [-0.4, -0.2) is 21.5 Å². The van der Waals surface area contributed by atoms with Gasteiger partial charge in [-0.15, -0.1) is 0 Å². The standard InChI is InChI=1S/C15H20N4O/c1-11-13(7-8-14-16-9-10-19(11)14)18-15(20)17-12-5-3-2-4-6-12/h7-10,12H,2-6H2,1H3,(H2,17,18,20). The Morgan fingerprint density at radius 2 is 2.10 bits per heavy atom. The molecule has 0 spiro atoms. The number of urea groups is 1. The number of hydrogen-bond donors (Lipinski definition) is 2. The number of nitrogens with zero attached hydrogens (tertiary/aromatic N) is 2. The van der Waals surface area contributed by atoms with Crippen LogP contribution in [0.2, 0.25) is 0 Å². The number of aromatic nitrogens is 2. The van der Waals surface area contributed by atoms with Crippen LogP contribution in [-0.2, 0) is 0 Å². The number of pyridine rings is 1. The van der Waals surface area contributed by atoms with Crippen molar-refractivity contribution in [3.8, 4) is 0 Å². The number of fused-ring (bicyclic) bond motifs is 1. The first-order valence-corrected chi connectivity index (χ1v) is 7.24. The second-order valence-electron chi connectivity index (χ2n) is 5.42. The highest BCUT2D eigenvalue weighted by atomic mass is 16.2. The first kappa shape index (κ1) is 13.0. The molecule has 1 aliphatic rings. The molecule has 0 saturated heterocycles. The Hall–Kier alpha value is -2.04. The minimum absolute atomic E-state index is 0.112. The Balaban J connectivity index is 1.68. The molecule has 0 unspecified atom stereocenters. The van der Waals surface area contributed by atoms with Crippen molar-refractivity contribution in [3.05, 3.63) is 30.2 Å². The molecule has 0 radical (unpaired) electrons. The Bertz CT molecular complexity index is 613. The van der Waals surface area contributed by atoms with Gasteiger partial charge in [-0.1, -0.05) is 19.3 Å². The van der Waals surface area contributed by atoms with Crippen LogP contribution in [0.5, 0.6) is 0 Å². The van der Waals surface area contributed by atoms with Crippen LogP contribution in [0.1, 0.15) is 37.8 Å². The van der Waals surface area contributed by atoms with Crippen LogP contribution < -0.4 is 10.6 Å². The summed E-state index contributed by atoms with van der Waals surface area (Å²) in [7, 11) is 0. The van der Waals surface area contributed by atoms with E-state index in [1.807, 2.05) is 29.7 Å². The largest absolute Gasteiger partial charge is 0.335 e. The normalized spacial score (nSPS) is 16.2. The number of carbonyl (C=O) groups is 1. The second-order valence-corrected chi connectivity index (χ2v) is 5.42. The molecule has 2 N–H and O–H groups in total. The molecule has 0 bridgehead atoms. The van der Waals surface area contributed by atoms with E-state index < -0.39 is 0 Å². The van der Waals surface area contributed by atoms with E-state index in [0.29, 0.717) is 6.04 Å². The third kappa shape index (κ3) is 2.61. The van der Waals surface area contributed by atoms with E-state index in [-0.39, 0.29) is 6.03 Å². The minimum Gasteiger partial charge on any atom is -0.335 e. The van der Waals surface area contributed by atoms with Crippen molar-refractivity contribution in [1.82, 2.24) is 14.7 Å². The average Bonchev–Trinajstić information content (AvgIpc) is 2.92. The van der Waals surface area contributed by atoms with Crippen molar-refractivity contribution in [1.29, 1.82) is 0 Å². The zero-order valence-corrected chi connectivity index (χ0v) is 11.7. The second kappa shape index (κ2) is 5.53. The quantitative estimate of drug-likeness (QED) is 0.882. The zero-order chi connectivity index (χ0) is 13.9. The van der Waals surface area contributed by atoms with Gasteiger partial charge >= 0.3 is 6.03 Å². The molecule has 106 valence electrons. The lowest BCUT2D eigenvalue weighted by Crippen LogP contribution is -2.39. The summed E-state index contributed by atoms with van der Waals surface area (Å²) < 4.78 is 1.97. The van der Waals surface area contributed by atoms with Crippen molar-refractivity contribution in [3.63, 3.8) is 0 Å². The van der Waals surface area contributed by atoms with Gasteiger partial charge in [0.25, 0.3) is 0 Å². The van der Waals surface area contributed by atoms with Gasteiger partial charge in [0.05, 0.1) is 5.69 Å². The molecule has 5 heteroatoms. The van der Waals surface area contributed by atoms with E-state index in [1.54, 1.807) is 6.20 Å². The van der Waals surface area contributed by atoms with Crippen LogP contribution in [0.4, 0.5) is 10.5 Å². The van der Waals surface area contributed by atoms with Gasteiger partial charge in [-0.05, 0) is 31.9 Å². The van der Waals surface area contributed by atoms with Gasteiger partial charge < -0.3 is 15.0 Å². The molecule has 0 aliphatic heterocycles. The molecule has 2 heterocycles. The first-order valence-electron chi connectivity index (χ1n) is 7.24. The molecule has 0 atom stereocenters. The SMILES string of the molecule is Cc1c(NC(=O)NC2CCCCC2)ccc2nccn12. The molecule has 1 saturated carbocycles. The molecule has 20 heavy (non-hydrogen) atoms. The Morgan fingerprint density at radius 1 is 1.30 bits per heavy atom. The number of carbonyl (C=O) groups excluding carboxylic acids is 1. The predicted molar refractivity (Wildman–Crippen MR) is 79.0 cm³/mol. The van der Waals surface area contributed by atoms with E-state index in [2.05, 4.69) is 15.6 Å². The fraction of sp³-hybridized carbons (Fsp3) is 0.467. The zero-order valence-electron chi connectivity index (χ0n) is 11.7. The molecule has 2 amide bonds. The smallest absolute Gasteiger partial charge is 0.319 e. The van der Waals surface area contributed by atoms with Gasteiger partial charge in [-0.2, -0.15) is 0 Å². The first-order chi connectivity index (χ1) is 9.74. The average molecular weight is 272 g/mol. The fourth-order valence-corrected chi connectivity index (χ4v) is 2.85. The number of rotatable bonds is 2. The van der Waals surface area contributed by atoms with E-state index in [0.717, 1.165) is 29.9 Å². The maximum Gasteiger partial charge on any atom is 0.319 e. The molecule has 3 rings (SSSR count). The Kier molecular flexibility index (Phi) is 3.58. The van der Waals surface area contributed by atoms with Crippen LogP contribution in [0.3, 0.4) is 0 Å². The van der Waals surface area contributed by atoms with Crippen LogP contribution in [0.15, 0.2) is 24.5 Å². The number of hydrogen-bond acceptors (Lipinski definition) is 2. The van der Waals surface area contributed by atoms with Crippen LogP contribution in [0.25, 0.3) is 5.65 Å². The van der Waals surface area contributed by atoms with Crippen molar-refractivity contribution >= 4 is 17.4 Å². The molecule has 0 aromatic carbocycles. The lowest BCUT2D eigenvalue weighted by molar-refractivity contribution is 0.244. The molecule has 2 aromatic rings. The van der Waals surface area contributed by atoms with Gasteiger partial charge in [0, 0.05) is 24.1 Å². The predicted octanol–water partition coefficient (Wildman–Crippen LogP) is 3.10. The minimum atomic E-state index is -0.112. The molecule has 5 nitrogen and oxygen atoms in total. The van der Waals surface area contributed by atoms with Crippen molar-refractivity contribution < 1.29 is 4.79 Å². The van der Waals surface area contributed by atoms with Gasteiger partial charge in [0.15, 0.2) is 0 Å². The number of aryl methyl sites for hydroxylation is 1. The number of nitrogens with one attached hydrogen (secondary N) is 2. The summed E-state index contributed by atoms with van der Waals surface area (Å²) >= 11 is 0. The number of amides is 2. The summed E-state index contributed by atoms with van der Waals surface area (Å²) in [6.07, 6.45) is 9.55. The number of imidazole rings is 1. The summed E-state index contributed by atoms with van der Waals surface area (Å²) in [5.74, 6) is 0. The highest BCUT2D eigenvalue weighted by Gasteiger charge is 2.16. The molecular formula is C15H20N4O. The monoisotopic (exact) mass is 272 g/mol. The van der Waals surface area contributed by atoms with Gasteiger partial charge in [0.1, 0.15) is 5.65 Å². The van der Waals surface area contributed by atoms with E-state index >= 15 is 0 Å². The van der Waals surface area contributed by atoms with Gasteiger partial charge in [-0.3, -0.25) is 0 Å². The summed E-state index contributed by atoms with van der Waals surface area (Å²) in [6.45, 7) is 1.98. The van der Waals surface area contributed by atoms with Crippen LogP contribution in [0, 0.1) is 6.92 Å². The Labute approximate surface area is 118 Å². The van der Waals surface area contributed by atoms with Crippen molar-refractivity contribution in [2.45, 2.75) is 45.1 Å². The van der Waals surface area contributed by atoms with Gasteiger partial charge in [-0.25, -0.2) is 9.78 Å². The fourth-order valence-electron chi connectivity index (χ4n) is 2.85. The van der Waals surface area contributed by atoms with E-state index in [4.69, 9.17) is 0 Å². The van der Waals surface area contributed by atoms with Crippen molar-refractivity contribution in [2.24, 2.45) is 0 Å². The van der Waals surface area contributed by atoms with Crippen LogP contribution >= 0.6 is 0 Å². The third-order valence-corrected chi connectivity index (χ3v) is 4.01. The lowest BCUT2D eigenvalue weighted by atomic mass is 9.96. The maximum atomic E-state index is 12.1. The summed E-state index contributed by atoms with van der Waals surface area (Å²) in [6, 6.07) is 4.02. The van der Waals surface area contributed by atoms with E-state index in [9.17, 15) is 4.79 Å². The third-order valence-electron chi connectivity index (χ3n) is 4.01. The summed E-state index contributed by atoms with van der Waals surface area (Å²) in [4.78, 5) is 16.3. The highest BCUT2D eigenvalue weighted by molar-refractivity contribution is 5.90. The molecular weight excluding hydrogens is 252 g/mol. The molecule has 1 aliphatic carbocycles. The summed E-state index contributed by atoms with van der Waals surface area (Å²) in [5.41, 5.74) is 2.70. The van der Waals surface area contributed by atoms with Crippen molar-refractivity contribution in [2.75, 3.05) is 5.32 Å². The van der Waals surface area contributed by atoms with Gasteiger partial charge in [0.2, 0.25) is 0 Å². The lowest BCUT2D eigenvalue weighted by Gasteiger charge is -2.23. The number of anilines is 1. The molecule has 1 fully saturated rings. The highest BCUT2D eigenvalue weighted by Crippen LogP contribution is 2.19. The topological polar surface area (TPSA) is 58.4 Å². The molecule has 2 aromatic heterocycles. The maximum absolute atomic E-state index is 12.1. The summed E-state index contributed by atoms with van der Waals surface area (Å²) in [5, 5.41) is 6.00. The Morgan fingerprint density at radius 3 is 2.90 bits per heavy atom. The van der Waals surface area contributed by atoms with E-state index in [1.165, 1.54) is 19.3 Å².